The molecule has 0 amide bonds. The fourth-order valence-electron chi connectivity index (χ4n) is 2.52. The maximum absolute atomic E-state index is 5.84. The summed E-state index contributed by atoms with van der Waals surface area (Å²) in [5.41, 5.74) is 9.26. The number of benzene rings is 2. The Morgan fingerprint density at radius 2 is 1.73 bits per heavy atom. The first-order valence-corrected chi connectivity index (χ1v) is 8.03. The number of nitrogens with two attached hydrogens (primary N) is 1. The topological polar surface area (TPSA) is 89.7 Å². The zero-order chi connectivity index (χ0) is 17.8. The summed E-state index contributed by atoms with van der Waals surface area (Å²) < 4.78 is 5.64. The van der Waals surface area contributed by atoms with Crippen LogP contribution in [-0.4, -0.2) is 26.5 Å². The molecular weight excluding hydrogens is 326 g/mol. The number of imidazole rings is 1. The fourth-order valence-corrected chi connectivity index (χ4v) is 2.52. The van der Waals surface area contributed by atoms with Crippen molar-refractivity contribution in [2.45, 2.75) is 0 Å². The molecule has 4 rings (SSSR count). The first-order chi connectivity index (χ1) is 12.8. The highest BCUT2D eigenvalue weighted by Crippen LogP contribution is 2.21. The summed E-state index contributed by atoms with van der Waals surface area (Å²) in [6.07, 6.45) is 1.52. The van der Waals surface area contributed by atoms with E-state index in [1.54, 1.807) is 0 Å². The molecule has 0 aliphatic carbocycles. The highest BCUT2D eigenvalue weighted by molar-refractivity contribution is 5.81. The number of ether oxygens (including phenoxy) is 1. The Labute approximate surface area is 150 Å². The molecule has 4 aromatic rings. The highest BCUT2D eigenvalue weighted by Gasteiger charge is 2.05. The van der Waals surface area contributed by atoms with Gasteiger partial charge in [0.15, 0.2) is 11.5 Å². The van der Waals surface area contributed by atoms with E-state index >= 15 is 0 Å². The number of aromatic nitrogens is 4. The lowest BCUT2D eigenvalue weighted by molar-refractivity contribution is 0.370. The Hall–Kier alpha value is -3.85. The van der Waals surface area contributed by atoms with E-state index in [1.807, 2.05) is 42.5 Å². The number of rotatable bonds is 3. The van der Waals surface area contributed by atoms with Gasteiger partial charge in [0.2, 0.25) is 5.82 Å². The lowest BCUT2D eigenvalue weighted by Crippen LogP contribution is -1.99. The minimum Gasteiger partial charge on any atom is -0.481 e. The Morgan fingerprint density at radius 3 is 2.54 bits per heavy atom. The van der Waals surface area contributed by atoms with Crippen LogP contribution in [0.1, 0.15) is 5.82 Å². The van der Waals surface area contributed by atoms with Crippen LogP contribution in [0.5, 0.6) is 5.75 Å². The Kier molecular flexibility index (Phi) is 4.19. The third kappa shape index (κ3) is 3.32. The van der Waals surface area contributed by atoms with Crippen LogP contribution in [0.25, 0.3) is 22.3 Å². The molecule has 0 atom stereocenters. The summed E-state index contributed by atoms with van der Waals surface area (Å²) >= 11 is 0. The minimum atomic E-state index is 0.229. The van der Waals surface area contributed by atoms with Gasteiger partial charge in [0.25, 0.3) is 0 Å². The number of aromatic amines is 1. The third-order valence-corrected chi connectivity index (χ3v) is 3.79. The fraction of sp³-hybridized carbons (Fsp3) is 0.0500. The molecule has 3 N–H and O–H groups in total. The molecule has 0 unspecified atom stereocenters. The van der Waals surface area contributed by atoms with Gasteiger partial charge in [-0.15, -0.1) is 0 Å². The Morgan fingerprint density at radius 1 is 0.962 bits per heavy atom. The molecular formula is C20H15N5O. The number of nitrogens with zero attached hydrogens (tertiary/aromatic N) is 3. The second kappa shape index (κ2) is 6.95. The normalized spacial score (nSPS) is 10.3. The molecule has 2 aromatic carbocycles. The quantitative estimate of drug-likeness (QED) is 0.559. The van der Waals surface area contributed by atoms with Gasteiger partial charge in [0, 0.05) is 0 Å². The van der Waals surface area contributed by atoms with E-state index in [2.05, 4.69) is 43.9 Å². The van der Waals surface area contributed by atoms with E-state index in [1.165, 1.54) is 11.9 Å². The van der Waals surface area contributed by atoms with Crippen molar-refractivity contribution in [3.8, 4) is 28.7 Å². The smallest absolute Gasteiger partial charge is 0.209 e. The average Bonchev–Trinajstić information content (AvgIpc) is 3.16. The minimum absolute atomic E-state index is 0.229. The predicted octanol–water partition coefficient (Wildman–Crippen LogP) is 3.03. The number of nitrogen functional groups attached to an aromatic ring is 1. The molecule has 0 spiro atoms. The van der Waals surface area contributed by atoms with Crippen LogP contribution in [0.15, 0.2) is 60.9 Å². The third-order valence-electron chi connectivity index (χ3n) is 3.79. The first kappa shape index (κ1) is 15.7. The van der Waals surface area contributed by atoms with Gasteiger partial charge >= 0.3 is 0 Å². The van der Waals surface area contributed by atoms with Gasteiger partial charge in [0.05, 0.1) is 6.33 Å². The van der Waals surface area contributed by atoms with Gasteiger partial charge in [-0.3, -0.25) is 0 Å². The first-order valence-electron chi connectivity index (χ1n) is 8.03. The van der Waals surface area contributed by atoms with E-state index in [0.717, 1.165) is 11.3 Å². The molecule has 6 nitrogen and oxygen atoms in total. The van der Waals surface area contributed by atoms with Crippen LogP contribution in [0, 0.1) is 11.8 Å². The Balaban J connectivity index is 1.41. The lowest BCUT2D eigenvalue weighted by atomic mass is 10.1. The number of H-pyrrole nitrogens is 1. The summed E-state index contributed by atoms with van der Waals surface area (Å²) in [5, 5.41) is 0. The van der Waals surface area contributed by atoms with E-state index in [-0.39, 0.29) is 6.61 Å². The van der Waals surface area contributed by atoms with Crippen molar-refractivity contribution < 1.29 is 4.74 Å². The van der Waals surface area contributed by atoms with Gasteiger partial charge in [-0.25, -0.2) is 9.97 Å². The number of anilines is 1. The molecule has 0 fully saturated rings. The van der Waals surface area contributed by atoms with Crippen molar-refractivity contribution >= 4 is 17.0 Å². The molecule has 0 saturated heterocycles. The maximum Gasteiger partial charge on any atom is 0.209 e. The number of fused-ring (bicyclic) bond motifs is 1. The van der Waals surface area contributed by atoms with E-state index in [0.29, 0.717) is 22.8 Å². The van der Waals surface area contributed by atoms with Crippen molar-refractivity contribution in [1.82, 2.24) is 19.9 Å². The lowest BCUT2D eigenvalue weighted by Gasteiger charge is -2.04. The van der Waals surface area contributed by atoms with Gasteiger partial charge in [0.1, 0.15) is 17.9 Å². The molecule has 0 saturated carbocycles. The van der Waals surface area contributed by atoms with Crippen LogP contribution >= 0.6 is 0 Å². The summed E-state index contributed by atoms with van der Waals surface area (Å²) in [4.78, 5) is 15.3. The van der Waals surface area contributed by atoms with Crippen molar-refractivity contribution in [2.75, 3.05) is 12.3 Å². The van der Waals surface area contributed by atoms with Crippen molar-refractivity contribution in [3.63, 3.8) is 0 Å². The monoisotopic (exact) mass is 341 g/mol. The van der Waals surface area contributed by atoms with Crippen LogP contribution in [-0.2, 0) is 0 Å². The Bertz CT molecular complexity index is 1090. The maximum atomic E-state index is 5.84. The van der Waals surface area contributed by atoms with Crippen LogP contribution in [0.2, 0.25) is 0 Å². The molecule has 0 aliphatic heterocycles. The molecule has 0 bridgehead atoms. The number of nitrogens with one attached hydrogen (secondary N) is 1. The van der Waals surface area contributed by atoms with Gasteiger partial charge in [-0.2, -0.15) is 4.98 Å². The van der Waals surface area contributed by atoms with Crippen molar-refractivity contribution in [3.05, 3.63) is 66.7 Å². The summed E-state index contributed by atoms with van der Waals surface area (Å²) in [6, 6.07) is 18.1. The summed E-state index contributed by atoms with van der Waals surface area (Å²) in [5.74, 6) is 7.14. The highest BCUT2D eigenvalue weighted by atomic mass is 16.5. The SMILES string of the molecule is Nc1nc(C#CCOc2ccc(-c3ccccc3)cc2)nc2nc[nH]c12. The molecule has 0 aliphatic rings. The van der Waals surface area contributed by atoms with E-state index in [4.69, 9.17) is 10.5 Å². The second-order valence-corrected chi connectivity index (χ2v) is 5.51. The van der Waals surface area contributed by atoms with Gasteiger partial charge in [-0.05, 0) is 29.2 Å². The van der Waals surface area contributed by atoms with Crippen molar-refractivity contribution in [2.24, 2.45) is 0 Å². The second-order valence-electron chi connectivity index (χ2n) is 5.51. The van der Waals surface area contributed by atoms with E-state index < -0.39 is 0 Å². The van der Waals surface area contributed by atoms with Gasteiger partial charge in [-0.1, -0.05) is 48.4 Å². The standard InChI is InChI=1S/C20H15N5O/c21-19-18-20(23-13-22-18)25-17(24-19)7-4-12-26-16-10-8-15(9-11-16)14-5-2-1-3-6-14/h1-3,5-6,8-11,13H,12H2,(H3,21,22,23,24,25). The van der Waals surface area contributed by atoms with Crippen LogP contribution in [0.4, 0.5) is 5.82 Å². The molecule has 6 heteroatoms. The van der Waals surface area contributed by atoms with Gasteiger partial charge < -0.3 is 15.5 Å². The predicted molar refractivity (Wildman–Crippen MR) is 100 cm³/mol. The molecule has 2 aromatic heterocycles. The largest absolute Gasteiger partial charge is 0.481 e. The molecule has 0 radical (unpaired) electrons. The summed E-state index contributed by atoms with van der Waals surface area (Å²) in [7, 11) is 0. The van der Waals surface area contributed by atoms with Crippen molar-refractivity contribution in [1.29, 1.82) is 0 Å². The molecule has 26 heavy (non-hydrogen) atoms. The van der Waals surface area contributed by atoms with E-state index in [9.17, 15) is 0 Å². The molecule has 2 heterocycles. The van der Waals surface area contributed by atoms with Crippen LogP contribution in [0.3, 0.4) is 0 Å². The number of hydrogen-bond donors (Lipinski definition) is 2. The average molecular weight is 341 g/mol. The summed E-state index contributed by atoms with van der Waals surface area (Å²) in [6.45, 7) is 0.229. The zero-order valence-corrected chi connectivity index (χ0v) is 13.8. The number of hydrogen-bond acceptors (Lipinski definition) is 5. The molecule has 126 valence electrons. The zero-order valence-electron chi connectivity index (χ0n) is 13.8. The van der Waals surface area contributed by atoms with Crippen LogP contribution < -0.4 is 10.5 Å².